The molecule has 0 bridgehead atoms. The van der Waals surface area contributed by atoms with Crippen molar-refractivity contribution in [2.75, 3.05) is 0 Å². The Hall–Kier alpha value is -2.19. The fraction of sp³-hybridized carbons (Fsp3) is 0. The normalized spacial score (nSPS) is 12.3. The Morgan fingerprint density at radius 2 is 1.42 bits per heavy atom. The molecule has 1 nitrogen and oxygen atoms in total. The molecule has 1 aromatic heterocycles. The second-order valence-corrected chi connectivity index (χ2v) is 5.65. The molecular weight excluding hydrogens is 252 g/mol. The van der Waals surface area contributed by atoms with Crippen LogP contribution in [0.3, 0.4) is 0 Å². The van der Waals surface area contributed by atoms with Gasteiger partial charge in [0, 0.05) is 26.4 Å². The first-order valence-electron chi connectivity index (χ1n) is 6.18. The molecule has 0 saturated heterocycles. The molecule has 0 atom stereocenters. The van der Waals surface area contributed by atoms with E-state index in [1.54, 1.807) is 11.3 Å². The quantitative estimate of drug-likeness (QED) is 0.489. The van der Waals surface area contributed by atoms with Crippen LogP contribution in [0.25, 0.3) is 20.9 Å². The van der Waals surface area contributed by atoms with Gasteiger partial charge in [-0.05, 0) is 11.6 Å². The summed E-state index contributed by atoms with van der Waals surface area (Å²) in [4.78, 5) is 14.6. The summed E-state index contributed by atoms with van der Waals surface area (Å²) < 4.78 is 0. The van der Waals surface area contributed by atoms with Crippen LogP contribution in [0.2, 0.25) is 0 Å². The number of carbonyl (C=O) groups is 1. The van der Waals surface area contributed by atoms with Gasteiger partial charge in [-0.1, -0.05) is 54.6 Å². The topological polar surface area (TPSA) is 17.1 Å². The van der Waals surface area contributed by atoms with E-state index in [2.05, 4.69) is 12.1 Å². The maximum absolute atomic E-state index is 12.3. The molecule has 0 radical (unpaired) electrons. The molecule has 3 aromatic rings. The van der Waals surface area contributed by atoms with Crippen molar-refractivity contribution in [3.05, 3.63) is 71.8 Å². The fourth-order valence-electron chi connectivity index (χ4n) is 2.53. The van der Waals surface area contributed by atoms with Crippen LogP contribution < -0.4 is 0 Å². The standard InChI is InChI=1S/C17H10OS/c18-16-12-8-4-5-9-13(12)17-14(16)10-15(19-17)11-6-2-1-3-7-11/h1-10H. The minimum atomic E-state index is 0.157. The highest BCUT2D eigenvalue weighted by atomic mass is 32.1. The van der Waals surface area contributed by atoms with Crippen LogP contribution in [0.1, 0.15) is 15.9 Å². The lowest BCUT2D eigenvalue weighted by atomic mass is 10.1. The van der Waals surface area contributed by atoms with Gasteiger partial charge in [0.15, 0.2) is 5.78 Å². The Bertz CT molecular complexity index is 784. The molecule has 0 fully saturated rings. The van der Waals surface area contributed by atoms with Gasteiger partial charge < -0.3 is 0 Å². The SMILES string of the molecule is O=C1c2ccccc2-c2sc(-c3ccccc3)cc21. The Labute approximate surface area is 115 Å². The molecule has 0 saturated carbocycles. The van der Waals surface area contributed by atoms with E-state index in [1.807, 2.05) is 48.5 Å². The molecule has 1 heterocycles. The monoisotopic (exact) mass is 262 g/mol. The van der Waals surface area contributed by atoms with Crippen molar-refractivity contribution in [2.45, 2.75) is 0 Å². The number of carbonyl (C=O) groups excluding carboxylic acids is 1. The smallest absolute Gasteiger partial charge is 0.195 e. The Morgan fingerprint density at radius 1 is 0.737 bits per heavy atom. The van der Waals surface area contributed by atoms with E-state index in [9.17, 15) is 4.79 Å². The van der Waals surface area contributed by atoms with E-state index < -0.39 is 0 Å². The lowest BCUT2D eigenvalue weighted by Crippen LogP contribution is -1.93. The van der Waals surface area contributed by atoms with Crippen molar-refractivity contribution in [3.63, 3.8) is 0 Å². The number of hydrogen-bond donors (Lipinski definition) is 0. The number of ketones is 1. The summed E-state index contributed by atoms with van der Waals surface area (Å²) in [5, 5.41) is 0. The third kappa shape index (κ3) is 1.50. The van der Waals surface area contributed by atoms with Gasteiger partial charge in [0.1, 0.15) is 0 Å². The van der Waals surface area contributed by atoms with Crippen molar-refractivity contribution < 1.29 is 4.79 Å². The van der Waals surface area contributed by atoms with Crippen LogP contribution in [0.4, 0.5) is 0 Å². The molecule has 90 valence electrons. The number of fused-ring (bicyclic) bond motifs is 3. The third-order valence-electron chi connectivity index (χ3n) is 3.45. The molecule has 1 aliphatic carbocycles. The Morgan fingerprint density at radius 3 is 2.21 bits per heavy atom. The van der Waals surface area contributed by atoms with Crippen molar-refractivity contribution in [1.29, 1.82) is 0 Å². The Balaban J connectivity index is 1.93. The van der Waals surface area contributed by atoms with Gasteiger partial charge in [-0.25, -0.2) is 0 Å². The van der Waals surface area contributed by atoms with Crippen molar-refractivity contribution in [1.82, 2.24) is 0 Å². The summed E-state index contributed by atoms with van der Waals surface area (Å²) in [5.41, 5.74) is 3.94. The summed E-state index contributed by atoms with van der Waals surface area (Å²) in [6.07, 6.45) is 0. The molecule has 0 amide bonds. The van der Waals surface area contributed by atoms with E-state index in [4.69, 9.17) is 0 Å². The van der Waals surface area contributed by atoms with E-state index in [0.717, 1.165) is 26.4 Å². The lowest BCUT2D eigenvalue weighted by Gasteiger charge is -1.98. The lowest BCUT2D eigenvalue weighted by molar-refractivity contribution is 0.104. The third-order valence-corrected chi connectivity index (χ3v) is 4.67. The second kappa shape index (κ2) is 3.90. The molecule has 0 spiro atoms. The molecule has 4 rings (SSSR count). The molecule has 1 aliphatic rings. The van der Waals surface area contributed by atoms with E-state index in [1.165, 1.54) is 5.56 Å². The minimum absolute atomic E-state index is 0.157. The summed E-state index contributed by atoms with van der Waals surface area (Å²) in [7, 11) is 0. The van der Waals surface area contributed by atoms with E-state index in [-0.39, 0.29) is 5.78 Å². The van der Waals surface area contributed by atoms with Crippen LogP contribution in [-0.2, 0) is 0 Å². The zero-order valence-electron chi connectivity index (χ0n) is 10.1. The summed E-state index contributed by atoms with van der Waals surface area (Å²) in [6, 6.07) is 20.1. The number of hydrogen-bond acceptors (Lipinski definition) is 2. The van der Waals surface area contributed by atoms with Crippen LogP contribution >= 0.6 is 11.3 Å². The zero-order chi connectivity index (χ0) is 12.8. The molecule has 0 N–H and O–H groups in total. The first kappa shape index (κ1) is 10.7. The highest BCUT2D eigenvalue weighted by molar-refractivity contribution is 7.19. The highest BCUT2D eigenvalue weighted by Crippen LogP contribution is 2.44. The van der Waals surface area contributed by atoms with Crippen molar-refractivity contribution >= 4 is 17.1 Å². The predicted molar refractivity (Wildman–Crippen MR) is 78.6 cm³/mol. The average molecular weight is 262 g/mol. The van der Waals surface area contributed by atoms with Gasteiger partial charge in [-0.15, -0.1) is 11.3 Å². The second-order valence-electron chi connectivity index (χ2n) is 4.59. The maximum atomic E-state index is 12.3. The first-order valence-corrected chi connectivity index (χ1v) is 6.99. The summed E-state index contributed by atoms with van der Waals surface area (Å²) in [5.74, 6) is 0.157. The highest BCUT2D eigenvalue weighted by Gasteiger charge is 2.28. The largest absolute Gasteiger partial charge is 0.289 e. The molecule has 0 aliphatic heterocycles. The van der Waals surface area contributed by atoms with Gasteiger partial charge in [0.2, 0.25) is 0 Å². The fourth-order valence-corrected chi connectivity index (χ4v) is 3.73. The summed E-state index contributed by atoms with van der Waals surface area (Å²) in [6.45, 7) is 0. The molecule has 2 heteroatoms. The van der Waals surface area contributed by atoms with Gasteiger partial charge in [0.25, 0.3) is 0 Å². The van der Waals surface area contributed by atoms with Crippen LogP contribution in [-0.4, -0.2) is 5.78 Å². The minimum Gasteiger partial charge on any atom is -0.289 e. The maximum Gasteiger partial charge on any atom is 0.195 e. The van der Waals surface area contributed by atoms with Gasteiger partial charge in [-0.3, -0.25) is 4.79 Å². The molecule has 0 unspecified atom stereocenters. The van der Waals surface area contributed by atoms with Crippen molar-refractivity contribution in [3.8, 4) is 20.9 Å². The van der Waals surface area contributed by atoms with E-state index >= 15 is 0 Å². The van der Waals surface area contributed by atoms with Crippen LogP contribution in [0.5, 0.6) is 0 Å². The van der Waals surface area contributed by atoms with Crippen molar-refractivity contribution in [2.24, 2.45) is 0 Å². The first-order chi connectivity index (χ1) is 9.34. The van der Waals surface area contributed by atoms with Crippen LogP contribution in [0, 0.1) is 0 Å². The predicted octanol–water partition coefficient (Wildman–Crippen LogP) is 4.63. The zero-order valence-corrected chi connectivity index (χ0v) is 10.9. The van der Waals surface area contributed by atoms with E-state index in [0.29, 0.717) is 0 Å². The molecule has 19 heavy (non-hydrogen) atoms. The van der Waals surface area contributed by atoms with Gasteiger partial charge in [-0.2, -0.15) is 0 Å². The number of benzene rings is 2. The molecule has 2 aromatic carbocycles. The average Bonchev–Trinajstić information content (AvgIpc) is 3.01. The van der Waals surface area contributed by atoms with Crippen LogP contribution in [0.15, 0.2) is 60.7 Å². The molecular formula is C17H10OS. The van der Waals surface area contributed by atoms with Gasteiger partial charge >= 0.3 is 0 Å². The summed E-state index contributed by atoms with van der Waals surface area (Å²) >= 11 is 1.70. The Kier molecular flexibility index (Phi) is 2.20. The van der Waals surface area contributed by atoms with Gasteiger partial charge in [0.05, 0.1) is 0 Å². The number of thiophene rings is 1. The number of rotatable bonds is 1.